The summed E-state index contributed by atoms with van der Waals surface area (Å²) in [7, 11) is 0. The monoisotopic (exact) mass is 577 g/mol. The summed E-state index contributed by atoms with van der Waals surface area (Å²) < 4.78 is 26.4. The molecule has 1 aromatic carbocycles. The van der Waals surface area contributed by atoms with Crippen LogP contribution in [-0.4, -0.2) is 64.1 Å². The molecule has 7 rings (SSSR count). The molecular weight excluding hydrogens is 553 g/mol. The molecule has 2 saturated heterocycles. The third-order valence-corrected chi connectivity index (χ3v) is 8.62. The van der Waals surface area contributed by atoms with E-state index >= 15 is 4.39 Å². The van der Waals surface area contributed by atoms with Crippen LogP contribution >= 0.6 is 11.6 Å². The molecule has 4 atom stereocenters. The number of halogens is 2. The van der Waals surface area contributed by atoms with Gasteiger partial charge in [0.05, 0.1) is 18.6 Å². The molecule has 0 saturated carbocycles. The van der Waals surface area contributed by atoms with Crippen LogP contribution in [0.2, 0.25) is 5.02 Å². The molecule has 3 aliphatic heterocycles. The van der Waals surface area contributed by atoms with E-state index in [9.17, 15) is 14.4 Å². The number of carbonyl (C=O) groups excluding carboxylic acids is 3. The fraction of sp³-hybridized carbons (Fsp3) is 0.345. The minimum Gasteiger partial charge on any atom is -0.378 e. The van der Waals surface area contributed by atoms with Crippen molar-refractivity contribution in [3.63, 3.8) is 0 Å². The summed E-state index contributed by atoms with van der Waals surface area (Å²) in [4.78, 5) is 49.8. The van der Waals surface area contributed by atoms with Crippen molar-refractivity contribution >= 4 is 41.0 Å². The van der Waals surface area contributed by atoms with Crippen molar-refractivity contribution in [3.8, 4) is 0 Å². The highest BCUT2D eigenvalue weighted by atomic mass is 35.5. The van der Waals surface area contributed by atoms with Gasteiger partial charge in [0.2, 0.25) is 11.8 Å². The Kier molecular flexibility index (Phi) is 6.07. The van der Waals surface area contributed by atoms with Crippen LogP contribution in [0.5, 0.6) is 0 Å². The van der Waals surface area contributed by atoms with E-state index in [4.69, 9.17) is 21.1 Å². The standard InChI is InChI=1S/C29H25ClFN5O5/c30-19-4-1-3-16(9-19)25-36(27(39)29(41-25)6-8-40-15-21(29)31)14-23(37)34-22-10-17-11-28(12-18(17)13-33-22)20-5-2-7-32-24(20)35-26(28)38/h1-5,7,9-10,13,21,25H,6,8,11-12,14-15H2,(H,32,35,38)(H,33,34,37)/t21-,25+,28+,29?/m1/s1. The van der Waals surface area contributed by atoms with E-state index < -0.39 is 41.8 Å². The SMILES string of the molecule is O=C(CN1C(=O)C2(CCOC[C@H]2F)O[C@H]1c1cccc(Cl)c1)Nc1cc2c(cn1)C[C@]1(C2)C(=O)Nc2ncccc21. The number of hydrogen-bond donors (Lipinski definition) is 2. The fourth-order valence-electron chi connectivity index (χ4n) is 6.36. The first kappa shape index (κ1) is 26.0. The highest BCUT2D eigenvalue weighted by molar-refractivity contribution is 6.30. The van der Waals surface area contributed by atoms with Gasteiger partial charge in [-0.15, -0.1) is 0 Å². The quantitative estimate of drug-likeness (QED) is 0.488. The van der Waals surface area contributed by atoms with Crippen molar-refractivity contribution in [2.75, 3.05) is 30.4 Å². The maximum absolute atomic E-state index is 15.1. The molecule has 1 unspecified atom stereocenters. The molecule has 10 nitrogen and oxygen atoms in total. The Balaban J connectivity index is 1.12. The Morgan fingerprint density at radius 1 is 1.17 bits per heavy atom. The third-order valence-electron chi connectivity index (χ3n) is 8.39. The second-order valence-electron chi connectivity index (χ2n) is 10.8. The van der Waals surface area contributed by atoms with E-state index in [1.54, 1.807) is 42.7 Å². The maximum Gasteiger partial charge on any atom is 0.260 e. The van der Waals surface area contributed by atoms with E-state index in [0.717, 1.165) is 16.7 Å². The molecule has 5 heterocycles. The summed E-state index contributed by atoms with van der Waals surface area (Å²) in [6.45, 7) is -0.504. The first-order chi connectivity index (χ1) is 19.8. The highest BCUT2D eigenvalue weighted by Gasteiger charge is 2.60. The molecule has 41 heavy (non-hydrogen) atoms. The number of ether oxygens (including phenoxy) is 2. The topological polar surface area (TPSA) is 123 Å². The number of alkyl halides is 1. The van der Waals surface area contributed by atoms with E-state index in [0.29, 0.717) is 29.2 Å². The molecule has 2 aromatic heterocycles. The molecule has 3 aromatic rings. The van der Waals surface area contributed by atoms with Gasteiger partial charge in [-0.1, -0.05) is 29.8 Å². The number of pyridine rings is 2. The van der Waals surface area contributed by atoms with Gasteiger partial charge in [0.15, 0.2) is 18.0 Å². The average Bonchev–Trinajstić information content (AvgIpc) is 3.57. The van der Waals surface area contributed by atoms with Gasteiger partial charge in [-0.25, -0.2) is 14.4 Å². The lowest BCUT2D eigenvalue weighted by molar-refractivity contribution is -0.166. The number of carbonyl (C=O) groups is 3. The van der Waals surface area contributed by atoms with Gasteiger partial charge in [-0.2, -0.15) is 0 Å². The Labute approximate surface area is 239 Å². The molecule has 1 aliphatic carbocycles. The second-order valence-corrected chi connectivity index (χ2v) is 11.3. The number of hydrogen-bond acceptors (Lipinski definition) is 7. The van der Waals surface area contributed by atoms with Crippen molar-refractivity contribution in [2.45, 2.75) is 42.7 Å². The zero-order valence-corrected chi connectivity index (χ0v) is 22.5. The highest BCUT2D eigenvalue weighted by Crippen LogP contribution is 2.47. The summed E-state index contributed by atoms with van der Waals surface area (Å²) in [6, 6.07) is 12.2. The molecule has 2 fully saturated rings. The van der Waals surface area contributed by atoms with Crippen LogP contribution in [0.25, 0.3) is 0 Å². The van der Waals surface area contributed by atoms with Crippen LogP contribution < -0.4 is 10.6 Å². The number of nitrogens with one attached hydrogen (secondary N) is 2. The Morgan fingerprint density at radius 3 is 2.85 bits per heavy atom. The average molecular weight is 578 g/mol. The molecule has 3 amide bonds. The molecule has 0 radical (unpaired) electrons. The first-order valence-corrected chi connectivity index (χ1v) is 13.7. The van der Waals surface area contributed by atoms with Crippen LogP contribution in [0.1, 0.15) is 34.9 Å². The van der Waals surface area contributed by atoms with E-state index in [2.05, 4.69) is 20.6 Å². The lowest BCUT2D eigenvalue weighted by atomic mass is 9.79. The minimum atomic E-state index is -1.74. The predicted octanol–water partition coefficient (Wildman–Crippen LogP) is 3.11. The summed E-state index contributed by atoms with van der Waals surface area (Å²) in [5, 5.41) is 6.05. The van der Waals surface area contributed by atoms with E-state index in [1.165, 1.54) is 4.90 Å². The van der Waals surface area contributed by atoms with Gasteiger partial charge in [-0.05, 0) is 48.2 Å². The van der Waals surface area contributed by atoms with Gasteiger partial charge in [0.1, 0.15) is 18.2 Å². The van der Waals surface area contributed by atoms with Gasteiger partial charge in [0, 0.05) is 35.0 Å². The largest absolute Gasteiger partial charge is 0.378 e. The Morgan fingerprint density at radius 2 is 2.02 bits per heavy atom. The Bertz CT molecular complexity index is 1610. The first-order valence-electron chi connectivity index (χ1n) is 13.3. The van der Waals surface area contributed by atoms with Crippen molar-refractivity contribution < 1.29 is 28.2 Å². The predicted molar refractivity (Wildman–Crippen MR) is 145 cm³/mol. The van der Waals surface area contributed by atoms with Crippen molar-refractivity contribution in [3.05, 3.63) is 82.1 Å². The molecular formula is C29H25ClFN5O5. The van der Waals surface area contributed by atoms with E-state index in [-0.39, 0.29) is 31.4 Å². The lowest BCUT2D eigenvalue weighted by Crippen LogP contribution is -2.54. The number of anilines is 2. The Hall–Kier alpha value is -3.93. The molecule has 12 heteroatoms. The van der Waals surface area contributed by atoms with Crippen LogP contribution in [0.15, 0.2) is 54.9 Å². The zero-order chi connectivity index (χ0) is 28.4. The van der Waals surface area contributed by atoms with Gasteiger partial charge in [0.25, 0.3) is 5.91 Å². The number of nitrogens with zero attached hydrogens (tertiary/aromatic N) is 3. The van der Waals surface area contributed by atoms with Gasteiger partial charge >= 0.3 is 0 Å². The number of aromatic nitrogens is 2. The summed E-state index contributed by atoms with van der Waals surface area (Å²) >= 11 is 6.19. The summed E-state index contributed by atoms with van der Waals surface area (Å²) in [5.74, 6) is -0.401. The molecule has 2 spiro atoms. The van der Waals surface area contributed by atoms with Crippen molar-refractivity contribution in [1.82, 2.24) is 14.9 Å². The van der Waals surface area contributed by atoms with Gasteiger partial charge < -0.3 is 25.0 Å². The minimum absolute atomic E-state index is 0.0303. The lowest BCUT2D eigenvalue weighted by Gasteiger charge is -2.33. The molecule has 0 bridgehead atoms. The zero-order valence-electron chi connectivity index (χ0n) is 21.7. The number of rotatable bonds is 4. The molecule has 210 valence electrons. The van der Waals surface area contributed by atoms with Crippen LogP contribution in [0.4, 0.5) is 16.0 Å². The fourth-order valence-corrected chi connectivity index (χ4v) is 6.56. The summed E-state index contributed by atoms with van der Waals surface area (Å²) in [5.41, 5.74) is 0.675. The number of amides is 3. The van der Waals surface area contributed by atoms with Crippen LogP contribution in [0, 0.1) is 0 Å². The molecule has 2 N–H and O–H groups in total. The second kappa shape index (κ2) is 9.57. The molecule has 4 aliphatic rings. The maximum atomic E-state index is 15.1. The van der Waals surface area contributed by atoms with Gasteiger partial charge in [-0.3, -0.25) is 14.4 Å². The van der Waals surface area contributed by atoms with E-state index in [1.807, 2.05) is 12.1 Å². The smallest absolute Gasteiger partial charge is 0.260 e. The number of benzene rings is 1. The normalized spacial score (nSPS) is 28.2. The third kappa shape index (κ3) is 4.10. The van der Waals surface area contributed by atoms with Crippen molar-refractivity contribution in [1.29, 1.82) is 0 Å². The number of fused-ring (bicyclic) bond motifs is 3. The van der Waals surface area contributed by atoms with Crippen LogP contribution in [-0.2, 0) is 42.1 Å². The van der Waals surface area contributed by atoms with Crippen LogP contribution in [0.3, 0.4) is 0 Å². The van der Waals surface area contributed by atoms with Crippen molar-refractivity contribution in [2.24, 2.45) is 0 Å². The summed E-state index contributed by atoms with van der Waals surface area (Å²) in [6.07, 6.45) is 1.55.